The van der Waals surface area contributed by atoms with Crippen molar-refractivity contribution < 1.29 is 4.92 Å². The SMILES string of the molecule is CCCn1cc2ccc([N+](=O)[O-])cc2n1. The van der Waals surface area contributed by atoms with Crippen molar-refractivity contribution >= 4 is 16.6 Å². The summed E-state index contributed by atoms with van der Waals surface area (Å²) in [5.41, 5.74) is 0.766. The minimum Gasteiger partial charge on any atom is -0.272 e. The van der Waals surface area contributed by atoms with Crippen LogP contribution in [0.15, 0.2) is 24.4 Å². The van der Waals surface area contributed by atoms with Gasteiger partial charge in [-0.05, 0) is 12.5 Å². The highest BCUT2D eigenvalue weighted by Gasteiger charge is 2.08. The largest absolute Gasteiger partial charge is 0.272 e. The van der Waals surface area contributed by atoms with Crippen LogP contribution < -0.4 is 0 Å². The maximum atomic E-state index is 10.5. The Balaban J connectivity index is 2.47. The molecule has 0 N–H and O–H groups in total. The number of benzene rings is 1. The molecule has 2 rings (SSSR count). The zero-order chi connectivity index (χ0) is 10.8. The molecule has 1 aromatic carbocycles. The second-order valence-corrected chi connectivity index (χ2v) is 3.39. The molecule has 0 saturated heterocycles. The van der Waals surface area contributed by atoms with E-state index in [1.807, 2.05) is 10.9 Å². The average Bonchev–Trinajstić information content (AvgIpc) is 2.59. The van der Waals surface area contributed by atoms with Crippen molar-refractivity contribution in [3.63, 3.8) is 0 Å². The lowest BCUT2D eigenvalue weighted by atomic mass is 10.2. The van der Waals surface area contributed by atoms with Crippen LogP contribution in [-0.2, 0) is 6.54 Å². The fraction of sp³-hybridized carbons (Fsp3) is 0.300. The van der Waals surface area contributed by atoms with Gasteiger partial charge in [0, 0.05) is 30.3 Å². The fourth-order valence-corrected chi connectivity index (χ4v) is 1.51. The lowest BCUT2D eigenvalue weighted by Gasteiger charge is -1.93. The van der Waals surface area contributed by atoms with E-state index >= 15 is 0 Å². The maximum Gasteiger partial charge on any atom is 0.271 e. The predicted octanol–water partition coefficient (Wildman–Crippen LogP) is 2.35. The van der Waals surface area contributed by atoms with Crippen LogP contribution in [0.4, 0.5) is 5.69 Å². The van der Waals surface area contributed by atoms with Gasteiger partial charge in [0.05, 0.1) is 10.4 Å². The van der Waals surface area contributed by atoms with Crippen molar-refractivity contribution in [2.75, 3.05) is 0 Å². The van der Waals surface area contributed by atoms with Gasteiger partial charge in [-0.1, -0.05) is 6.92 Å². The molecule has 0 fully saturated rings. The van der Waals surface area contributed by atoms with Crippen molar-refractivity contribution in [2.45, 2.75) is 19.9 Å². The first-order chi connectivity index (χ1) is 7.20. The first-order valence-electron chi connectivity index (χ1n) is 4.82. The quantitative estimate of drug-likeness (QED) is 0.570. The molecule has 1 aromatic heterocycles. The summed E-state index contributed by atoms with van der Waals surface area (Å²) in [6.07, 6.45) is 2.90. The molecule has 0 spiro atoms. The van der Waals surface area contributed by atoms with E-state index in [0.29, 0.717) is 5.52 Å². The Bertz CT molecular complexity index is 504. The number of nitro groups is 1. The van der Waals surface area contributed by atoms with E-state index in [4.69, 9.17) is 0 Å². The van der Waals surface area contributed by atoms with E-state index in [0.717, 1.165) is 18.4 Å². The third-order valence-corrected chi connectivity index (χ3v) is 2.20. The average molecular weight is 205 g/mol. The predicted molar refractivity (Wildman–Crippen MR) is 56.7 cm³/mol. The van der Waals surface area contributed by atoms with Crippen molar-refractivity contribution in [1.29, 1.82) is 0 Å². The molecule has 0 amide bonds. The molecule has 0 atom stereocenters. The Morgan fingerprint density at radius 1 is 1.53 bits per heavy atom. The first-order valence-corrected chi connectivity index (χ1v) is 4.82. The summed E-state index contributed by atoms with van der Waals surface area (Å²) >= 11 is 0. The second-order valence-electron chi connectivity index (χ2n) is 3.39. The van der Waals surface area contributed by atoms with Crippen LogP contribution in [-0.4, -0.2) is 14.7 Å². The second kappa shape index (κ2) is 3.68. The Kier molecular flexibility index (Phi) is 2.37. The minimum absolute atomic E-state index is 0.0873. The Labute approximate surface area is 86.5 Å². The molecule has 5 heteroatoms. The molecule has 78 valence electrons. The van der Waals surface area contributed by atoms with E-state index in [1.165, 1.54) is 12.1 Å². The number of nitrogens with zero attached hydrogens (tertiary/aromatic N) is 3. The van der Waals surface area contributed by atoms with Gasteiger partial charge in [-0.3, -0.25) is 14.8 Å². The van der Waals surface area contributed by atoms with E-state index in [-0.39, 0.29) is 5.69 Å². The molecule has 2 aromatic rings. The number of hydrogen-bond acceptors (Lipinski definition) is 3. The lowest BCUT2D eigenvalue weighted by Crippen LogP contribution is -1.95. The molecule has 0 aliphatic heterocycles. The van der Waals surface area contributed by atoms with E-state index in [2.05, 4.69) is 12.0 Å². The normalized spacial score (nSPS) is 10.7. The molecule has 5 nitrogen and oxygen atoms in total. The van der Waals surface area contributed by atoms with Gasteiger partial charge in [-0.15, -0.1) is 0 Å². The van der Waals surface area contributed by atoms with Gasteiger partial charge in [0.15, 0.2) is 0 Å². The smallest absolute Gasteiger partial charge is 0.271 e. The van der Waals surface area contributed by atoms with Gasteiger partial charge in [-0.2, -0.15) is 5.10 Å². The molecule has 15 heavy (non-hydrogen) atoms. The van der Waals surface area contributed by atoms with Gasteiger partial charge >= 0.3 is 0 Å². The van der Waals surface area contributed by atoms with E-state index in [1.54, 1.807) is 6.07 Å². The van der Waals surface area contributed by atoms with E-state index in [9.17, 15) is 10.1 Å². The zero-order valence-corrected chi connectivity index (χ0v) is 8.38. The molecule has 0 saturated carbocycles. The van der Waals surface area contributed by atoms with Gasteiger partial charge in [0.1, 0.15) is 0 Å². The van der Waals surface area contributed by atoms with Crippen LogP contribution in [0.1, 0.15) is 13.3 Å². The highest BCUT2D eigenvalue weighted by atomic mass is 16.6. The Morgan fingerprint density at radius 3 is 3.00 bits per heavy atom. The van der Waals surface area contributed by atoms with Crippen molar-refractivity contribution in [2.24, 2.45) is 0 Å². The van der Waals surface area contributed by atoms with Crippen LogP contribution in [0.5, 0.6) is 0 Å². The van der Waals surface area contributed by atoms with Crippen molar-refractivity contribution in [3.05, 3.63) is 34.5 Å². The van der Waals surface area contributed by atoms with Crippen molar-refractivity contribution in [3.8, 4) is 0 Å². The van der Waals surface area contributed by atoms with Crippen LogP contribution in [0.25, 0.3) is 10.9 Å². The molecule has 0 radical (unpaired) electrons. The summed E-state index contributed by atoms with van der Waals surface area (Å²) in [4.78, 5) is 10.1. The number of hydrogen-bond donors (Lipinski definition) is 0. The van der Waals surface area contributed by atoms with Gasteiger partial charge in [0.2, 0.25) is 0 Å². The first kappa shape index (κ1) is 9.64. The molecule has 0 unspecified atom stereocenters. The van der Waals surface area contributed by atoms with E-state index < -0.39 is 4.92 Å². The van der Waals surface area contributed by atoms with Crippen LogP contribution >= 0.6 is 0 Å². The molecular weight excluding hydrogens is 194 g/mol. The van der Waals surface area contributed by atoms with Gasteiger partial charge < -0.3 is 0 Å². The molecule has 0 bridgehead atoms. The molecule has 0 aliphatic carbocycles. The lowest BCUT2D eigenvalue weighted by molar-refractivity contribution is -0.384. The molecular formula is C10H11N3O2. The number of aromatic nitrogens is 2. The number of fused-ring (bicyclic) bond motifs is 1. The maximum absolute atomic E-state index is 10.5. The van der Waals surface area contributed by atoms with Crippen LogP contribution in [0.2, 0.25) is 0 Å². The highest BCUT2D eigenvalue weighted by molar-refractivity contribution is 5.80. The van der Waals surface area contributed by atoms with Crippen molar-refractivity contribution in [1.82, 2.24) is 9.78 Å². The number of non-ortho nitro benzene ring substituents is 1. The van der Waals surface area contributed by atoms with Gasteiger partial charge in [0.25, 0.3) is 5.69 Å². The number of rotatable bonds is 3. The summed E-state index contributed by atoms with van der Waals surface area (Å²) in [6, 6.07) is 4.73. The standard InChI is InChI=1S/C10H11N3O2/c1-2-5-12-7-8-3-4-9(13(14)15)6-10(8)11-12/h3-4,6-7H,2,5H2,1H3. The topological polar surface area (TPSA) is 61.0 Å². The Morgan fingerprint density at radius 2 is 2.33 bits per heavy atom. The summed E-state index contributed by atoms with van der Waals surface area (Å²) in [5.74, 6) is 0. The monoisotopic (exact) mass is 205 g/mol. The molecule has 0 aliphatic rings. The summed E-state index contributed by atoms with van der Waals surface area (Å²) in [7, 11) is 0. The van der Waals surface area contributed by atoms with Gasteiger partial charge in [-0.25, -0.2) is 0 Å². The third kappa shape index (κ3) is 1.81. The number of aryl methyl sites for hydroxylation is 1. The third-order valence-electron chi connectivity index (χ3n) is 2.20. The summed E-state index contributed by atoms with van der Waals surface area (Å²) in [5, 5.41) is 15.7. The zero-order valence-electron chi connectivity index (χ0n) is 8.38. The Hall–Kier alpha value is -1.91. The highest BCUT2D eigenvalue weighted by Crippen LogP contribution is 2.19. The number of nitro benzene ring substituents is 1. The van der Waals surface area contributed by atoms with Crippen LogP contribution in [0.3, 0.4) is 0 Å². The molecule has 1 heterocycles. The fourth-order valence-electron chi connectivity index (χ4n) is 1.51. The summed E-state index contributed by atoms with van der Waals surface area (Å²) in [6.45, 7) is 2.90. The summed E-state index contributed by atoms with van der Waals surface area (Å²) < 4.78 is 1.81. The van der Waals surface area contributed by atoms with Crippen LogP contribution in [0, 0.1) is 10.1 Å². The minimum atomic E-state index is -0.404.